The van der Waals surface area contributed by atoms with Crippen LogP contribution in [0, 0.1) is 6.92 Å². The van der Waals surface area contributed by atoms with Crippen molar-refractivity contribution in [3.8, 4) is 0 Å². The number of fused-ring (bicyclic) bond motifs is 1. The molecule has 2 N–H and O–H groups in total. The van der Waals surface area contributed by atoms with Crippen LogP contribution in [0.4, 0.5) is 22.7 Å². The number of sulfonamides is 1. The standard InChI is InChI=1S/C34H33N5O4S/c1-23-6-13-29(14-7-23)44(42,43)37-27-5-3-4-24(20-27)33(40)25-8-15-30-31(34(41)36-32(30)21-25)22-35-26-9-11-28(12-10-26)39-18-16-38(2)17-19-39/h3-15,20-22,31,37H,16-19H2,1-2H3,(H,36,41). The Morgan fingerprint density at radius 1 is 0.909 bits per heavy atom. The summed E-state index contributed by atoms with van der Waals surface area (Å²) in [6, 6.07) is 26.0. The molecule has 4 aromatic carbocycles. The number of anilines is 3. The average molecular weight is 608 g/mol. The highest BCUT2D eigenvalue weighted by atomic mass is 32.2. The molecule has 9 nitrogen and oxygen atoms in total. The predicted molar refractivity (Wildman–Crippen MR) is 174 cm³/mol. The third-order valence-corrected chi connectivity index (χ3v) is 9.39. The second-order valence-electron chi connectivity index (χ2n) is 11.2. The van der Waals surface area contributed by atoms with Gasteiger partial charge in [-0.15, -0.1) is 0 Å². The lowest BCUT2D eigenvalue weighted by molar-refractivity contribution is -0.115. The molecule has 0 radical (unpaired) electrons. The number of nitrogens with zero attached hydrogens (tertiary/aromatic N) is 3. The predicted octanol–water partition coefficient (Wildman–Crippen LogP) is 5.22. The molecule has 1 unspecified atom stereocenters. The van der Waals surface area contributed by atoms with Crippen LogP contribution in [0.2, 0.25) is 0 Å². The third-order valence-electron chi connectivity index (χ3n) is 7.99. The first-order valence-corrected chi connectivity index (χ1v) is 15.9. The number of aryl methyl sites for hydroxylation is 1. The number of piperazine rings is 1. The molecule has 1 amide bonds. The van der Waals surface area contributed by atoms with E-state index in [0.29, 0.717) is 16.8 Å². The maximum atomic E-state index is 13.4. The van der Waals surface area contributed by atoms with Crippen LogP contribution in [0.15, 0.2) is 101 Å². The van der Waals surface area contributed by atoms with Crippen LogP contribution in [0.5, 0.6) is 0 Å². The molecule has 2 heterocycles. The molecule has 0 aliphatic carbocycles. The van der Waals surface area contributed by atoms with E-state index in [-0.39, 0.29) is 22.3 Å². The Morgan fingerprint density at radius 3 is 2.34 bits per heavy atom. The van der Waals surface area contributed by atoms with Crippen LogP contribution in [0.1, 0.15) is 33.0 Å². The smallest absolute Gasteiger partial charge is 0.261 e. The molecule has 4 aromatic rings. The van der Waals surface area contributed by atoms with Gasteiger partial charge in [0.2, 0.25) is 5.91 Å². The first-order chi connectivity index (χ1) is 21.2. The van der Waals surface area contributed by atoms with E-state index in [9.17, 15) is 18.0 Å². The van der Waals surface area contributed by atoms with Crippen molar-refractivity contribution in [2.45, 2.75) is 17.7 Å². The van der Waals surface area contributed by atoms with Gasteiger partial charge in [0.05, 0.1) is 10.6 Å². The highest BCUT2D eigenvalue weighted by Crippen LogP contribution is 2.34. The lowest BCUT2D eigenvalue weighted by atomic mass is 9.97. The monoisotopic (exact) mass is 607 g/mol. The molecule has 0 bridgehead atoms. The Balaban J connectivity index is 1.15. The molecule has 1 fully saturated rings. The van der Waals surface area contributed by atoms with E-state index in [1.807, 2.05) is 19.1 Å². The van der Waals surface area contributed by atoms with Crippen molar-refractivity contribution in [2.75, 3.05) is 48.2 Å². The molecule has 0 aromatic heterocycles. The van der Waals surface area contributed by atoms with E-state index < -0.39 is 15.9 Å². The molecular weight excluding hydrogens is 574 g/mol. The van der Waals surface area contributed by atoms with Crippen molar-refractivity contribution in [1.29, 1.82) is 0 Å². The molecule has 0 spiro atoms. The van der Waals surface area contributed by atoms with Gasteiger partial charge >= 0.3 is 0 Å². The lowest BCUT2D eigenvalue weighted by Gasteiger charge is -2.34. The number of aliphatic imine (C=N–C) groups is 1. The fourth-order valence-electron chi connectivity index (χ4n) is 5.37. The summed E-state index contributed by atoms with van der Waals surface area (Å²) in [6.07, 6.45) is 1.64. The number of carbonyl (C=O) groups is 2. The molecule has 0 saturated carbocycles. The van der Waals surface area contributed by atoms with Crippen molar-refractivity contribution in [1.82, 2.24) is 4.90 Å². The van der Waals surface area contributed by atoms with Crippen LogP contribution >= 0.6 is 0 Å². The minimum absolute atomic E-state index is 0.134. The van der Waals surface area contributed by atoms with Crippen molar-refractivity contribution < 1.29 is 18.0 Å². The molecule has 2 aliphatic heterocycles. The zero-order valence-corrected chi connectivity index (χ0v) is 25.3. The fourth-order valence-corrected chi connectivity index (χ4v) is 6.42. The quantitative estimate of drug-likeness (QED) is 0.210. The minimum Gasteiger partial charge on any atom is -0.369 e. The summed E-state index contributed by atoms with van der Waals surface area (Å²) >= 11 is 0. The zero-order chi connectivity index (χ0) is 30.8. The zero-order valence-electron chi connectivity index (χ0n) is 24.5. The number of benzene rings is 4. The normalized spacial score (nSPS) is 17.0. The summed E-state index contributed by atoms with van der Waals surface area (Å²) in [5, 5.41) is 2.87. The van der Waals surface area contributed by atoms with E-state index in [1.54, 1.807) is 54.7 Å². The molecule has 1 atom stereocenters. The topological polar surface area (TPSA) is 111 Å². The summed E-state index contributed by atoms with van der Waals surface area (Å²) in [6.45, 7) is 5.92. The summed E-state index contributed by atoms with van der Waals surface area (Å²) in [5.41, 5.74) is 5.13. The second kappa shape index (κ2) is 12.1. The van der Waals surface area contributed by atoms with Gasteiger partial charge in [-0.2, -0.15) is 0 Å². The summed E-state index contributed by atoms with van der Waals surface area (Å²) in [5.74, 6) is -1.09. The van der Waals surface area contributed by atoms with Crippen LogP contribution in [-0.4, -0.2) is 64.4 Å². The molecule has 6 rings (SSSR count). The third kappa shape index (κ3) is 6.27. The van der Waals surface area contributed by atoms with Gasteiger partial charge in [-0.3, -0.25) is 19.3 Å². The minimum atomic E-state index is -3.82. The van der Waals surface area contributed by atoms with Crippen LogP contribution in [0.3, 0.4) is 0 Å². The summed E-state index contributed by atoms with van der Waals surface area (Å²) < 4.78 is 28.2. The molecule has 10 heteroatoms. The van der Waals surface area contributed by atoms with Gasteiger partial charge < -0.3 is 15.1 Å². The van der Waals surface area contributed by atoms with Gasteiger partial charge in [0, 0.05) is 60.6 Å². The summed E-state index contributed by atoms with van der Waals surface area (Å²) in [7, 11) is -1.69. The van der Waals surface area contributed by atoms with Crippen molar-refractivity contribution in [2.24, 2.45) is 4.99 Å². The van der Waals surface area contributed by atoms with E-state index in [4.69, 9.17) is 0 Å². The maximum Gasteiger partial charge on any atom is 0.261 e. The maximum absolute atomic E-state index is 13.4. The Labute approximate surface area is 257 Å². The Hall–Kier alpha value is -4.80. The van der Waals surface area contributed by atoms with E-state index in [0.717, 1.165) is 48.7 Å². The Morgan fingerprint density at radius 2 is 1.61 bits per heavy atom. The number of ketones is 1. The fraction of sp³-hybridized carbons (Fsp3) is 0.206. The van der Waals surface area contributed by atoms with E-state index >= 15 is 0 Å². The molecule has 1 saturated heterocycles. The number of carbonyl (C=O) groups excluding carboxylic acids is 2. The van der Waals surface area contributed by atoms with Crippen LogP contribution < -0.4 is 14.9 Å². The van der Waals surface area contributed by atoms with Crippen molar-refractivity contribution in [3.05, 3.63) is 113 Å². The van der Waals surface area contributed by atoms with E-state index in [2.05, 4.69) is 44.0 Å². The van der Waals surface area contributed by atoms with Gasteiger partial charge in [-0.05, 0) is 74.1 Å². The second-order valence-corrected chi connectivity index (χ2v) is 12.9. The molecule has 2 aliphatic rings. The van der Waals surface area contributed by atoms with Gasteiger partial charge in [0.1, 0.15) is 5.92 Å². The van der Waals surface area contributed by atoms with E-state index in [1.165, 1.54) is 18.2 Å². The van der Waals surface area contributed by atoms with Crippen molar-refractivity contribution in [3.63, 3.8) is 0 Å². The first-order valence-electron chi connectivity index (χ1n) is 14.4. The number of amides is 1. The molecule has 44 heavy (non-hydrogen) atoms. The highest BCUT2D eigenvalue weighted by molar-refractivity contribution is 7.92. The largest absolute Gasteiger partial charge is 0.369 e. The molecule has 224 valence electrons. The number of likely N-dealkylation sites (N-methyl/N-ethyl adjacent to an activating group) is 1. The molecular formula is C34H33N5O4S. The van der Waals surface area contributed by atoms with Gasteiger partial charge in [0.15, 0.2) is 5.78 Å². The lowest BCUT2D eigenvalue weighted by Crippen LogP contribution is -2.44. The highest BCUT2D eigenvalue weighted by Gasteiger charge is 2.30. The van der Waals surface area contributed by atoms with Gasteiger partial charge in [-0.1, -0.05) is 42.0 Å². The van der Waals surface area contributed by atoms with Crippen LogP contribution in [0.25, 0.3) is 0 Å². The number of hydrogen-bond acceptors (Lipinski definition) is 7. The van der Waals surface area contributed by atoms with Gasteiger partial charge in [-0.25, -0.2) is 8.42 Å². The Kier molecular flexibility index (Phi) is 8.03. The van der Waals surface area contributed by atoms with Crippen molar-refractivity contribution >= 4 is 50.7 Å². The van der Waals surface area contributed by atoms with Crippen LogP contribution in [-0.2, 0) is 14.8 Å². The number of rotatable bonds is 8. The number of nitrogens with one attached hydrogen (secondary N) is 2. The SMILES string of the molecule is Cc1ccc(S(=O)(=O)Nc2cccc(C(=O)c3ccc4c(c3)NC(=O)C4C=Nc3ccc(N4CCN(C)CC4)cc3)c2)cc1. The first kappa shape index (κ1) is 29.3. The Bertz CT molecular complexity index is 1850. The van der Waals surface area contributed by atoms with Gasteiger partial charge in [0.25, 0.3) is 10.0 Å². The summed E-state index contributed by atoms with van der Waals surface area (Å²) in [4.78, 5) is 35.6. The average Bonchev–Trinajstić information content (AvgIpc) is 3.34. The number of hydrogen-bond donors (Lipinski definition) is 2.